The van der Waals surface area contributed by atoms with Gasteiger partial charge in [0.1, 0.15) is 6.04 Å². The van der Waals surface area contributed by atoms with Gasteiger partial charge in [-0.2, -0.15) is 0 Å². The Balaban J connectivity index is 1.41. The molecule has 1 fully saturated rings. The molecule has 1 N–H and O–H groups in total. The van der Waals surface area contributed by atoms with Crippen molar-refractivity contribution in [1.82, 2.24) is 4.90 Å². The van der Waals surface area contributed by atoms with Crippen LogP contribution >= 0.6 is 11.6 Å². The minimum absolute atomic E-state index is 0.0182. The van der Waals surface area contributed by atoms with Gasteiger partial charge < -0.3 is 19.9 Å². The first-order chi connectivity index (χ1) is 19.6. The van der Waals surface area contributed by atoms with Gasteiger partial charge >= 0.3 is 0 Å². The molecule has 2 unspecified atom stereocenters. The molecule has 3 aromatic rings. The number of hydrogen-bond donors (Lipinski definition) is 1. The lowest BCUT2D eigenvalue weighted by Gasteiger charge is -2.37. The van der Waals surface area contributed by atoms with Crippen LogP contribution < -0.4 is 10.2 Å². The van der Waals surface area contributed by atoms with Crippen LogP contribution in [-0.2, 0) is 27.3 Å². The van der Waals surface area contributed by atoms with Gasteiger partial charge in [0, 0.05) is 36.0 Å². The van der Waals surface area contributed by atoms with E-state index in [2.05, 4.69) is 22.4 Å². The molecule has 0 saturated carbocycles. The number of ether oxygens (including phenoxy) is 1. The highest BCUT2D eigenvalue weighted by Gasteiger charge is 2.36. The molecule has 1 aliphatic heterocycles. The smallest absolute Gasteiger partial charge is 0.247 e. The lowest BCUT2D eigenvalue weighted by Crippen LogP contribution is -2.51. The minimum atomic E-state index is -0.615. The van der Waals surface area contributed by atoms with Gasteiger partial charge in [0.2, 0.25) is 11.8 Å². The zero-order chi connectivity index (χ0) is 27.7. The van der Waals surface area contributed by atoms with Crippen LogP contribution in [0.1, 0.15) is 30.4 Å². The highest BCUT2D eigenvalue weighted by molar-refractivity contribution is 6.30. The number of morpholine rings is 1. The molecule has 3 aromatic carbocycles. The third-order valence-electron chi connectivity index (χ3n) is 7.66. The second-order valence-corrected chi connectivity index (χ2v) is 10.9. The van der Waals surface area contributed by atoms with Crippen molar-refractivity contribution in [3.63, 3.8) is 0 Å². The largest absolute Gasteiger partial charge is 0.378 e. The van der Waals surface area contributed by atoms with Crippen LogP contribution in [0.3, 0.4) is 0 Å². The normalized spacial score (nSPS) is 17.7. The maximum Gasteiger partial charge on any atom is 0.247 e. The Hall–Kier alpha value is -3.61. The second kappa shape index (κ2) is 13.6. The Morgan fingerprint density at radius 3 is 2.33 bits per heavy atom. The summed E-state index contributed by atoms with van der Waals surface area (Å²) in [6, 6.07) is 24.5. The van der Waals surface area contributed by atoms with Gasteiger partial charge in [-0.25, -0.2) is 0 Å². The number of nitrogens with zero attached hydrogens (tertiary/aromatic N) is 2. The predicted octanol–water partition coefficient (Wildman–Crippen LogP) is 6.11. The van der Waals surface area contributed by atoms with Gasteiger partial charge in [0.25, 0.3) is 0 Å². The van der Waals surface area contributed by atoms with Crippen molar-refractivity contribution in [3.05, 3.63) is 107 Å². The summed E-state index contributed by atoms with van der Waals surface area (Å²) in [6.45, 7) is 3.47. The predicted molar refractivity (Wildman–Crippen MR) is 161 cm³/mol. The lowest BCUT2D eigenvalue weighted by atomic mass is 9.85. The van der Waals surface area contributed by atoms with E-state index in [1.807, 2.05) is 78.9 Å². The van der Waals surface area contributed by atoms with Crippen molar-refractivity contribution in [3.8, 4) is 0 Å². The topological polar surface area (TPSA) is 61.9 Å². The van der Waals surface area contributed by atoms with E-state index in [4.69, 9.17) is 16.3 Å². The Bertz CT molecular complexity index is 1290. The van der Waals surface area contributed by atoms with Crippen LogP contribution in [0.2, 0.25) is 5.02 Å². The fourth-order valence-corrected chi connectivity index (χ4v) is 5.63. The molecule has 2 atom stereocenters. The van der Waals surface area contributed by atoms with Crippen molar-refractivity contribution in [1.29, 1.82) is 0 Å². The van der Waals surface area contributed by atoms with E-state index in [0.717, 1.165) is 68.1 Å². The molecule has 0 spiro atoms. The van der Waals surface area contributed by atoms with E-state index < -0.39 is 6.04 Å². The van der Waals surface area contributed by atoms with Crippen molar-refractivity contribution in [2.24, 2.45) is 5.92 Å². The summed E-state index contributed by atoms with van der Waals surface area (Å²) >= 11 is 6.14. The zero-order valence-corrected chi connectivity index (χ0v) is 23.4. The summed E-state index contributed by atoms with van der Waals surface area (Å²) in [5.41, 5.74) is 3.69. The maximum absolute atomic E-state index is 14.1. The first kappa shape index (κ1) is 27.9. The standard InChI is InChI=1S/C33H36ClN3O3/c34-28-13-11-26(12-14-28)24-37(31(38)23-25-7-3-1-4-8-25)32(27-9-5-2-6-10-27)33(39)35-29-15-17-30(18-16-29)36-19-21-40-22-20-36/h1-5,7-8,11-18,27,32H,6,9-10,19-24H2,(H,35,39). The van der Waals surface area contributed by atoms with Gasteiger partial charge in [-0.15, -0.1) is 0 Å². The van der Waals surface area contributed by atoms with Crippen molar-refractivity contribution >= 4 is 34.8 Å². The van der Waals surface area contributed by atoms with Crippen LogP contribution in [0, 0.1) is 5.92 Å². The third-order valence-corrected chi connectivity index (χ3v) is 7.91. The molecule has 6 nitrogen and oxygen atoms in total. The van der Waals surface area contributed by atoms with Crippen molar-refractivity contribution in [2.45, 2.75) is 38.3 Å². The van der Waals surface area contributed by atoms with Crippen LogP contribution in [0.4, 0.5) is 11.4 Å². The van der Waals surface area contributed by atoms with E-state index in [9.17, 15) is 9.59 Å². The number of rotatable bonds is 9. The number of carbonyl (C=O) groups is 2. The number of allylic oxidation sites excluding steroid dienone is 2. The zero-order valence-electron chi connectivity index (χ0n) is 22.7. The summed E-state index contributed by atoms with van der Waals surface area (Å²) in [4.78, 5) is 32.1. The van der Waals surface area contributed by atoms with Crippen LogP contribution in [-0.4, -0.2) is 49.1 Å². The molecule has 208 valence electrons. The molecule has 40 heavy (non-hydrogen) atoms. The van der Waals surface area contributed by atoms with Gasteiger partial charge in [-0.05, 0) is 72.7 Å². The van der Waals surface area contributed by atoms with Gasteiger partial charge in [-0.1, -0.05) is 66.2 Å². The summed E-state index contributed by atoms with van der Waals surface area (Å²) in [5, 5.41) is 3.78. The van der Waals surface area contributed by atoms with Gasteiger partial charge in [-0.3, -0.25) is 9.59 Å². The molecule has 7 heteroatoms. The number of benzene rings is 3. The van der Waals surface area contributed by atoms with Crippen molar-refractivity contribution < 1.29 is 14.3 Å². The highest BCUT2D eigenvalue weighted by atomic mass is 35.5. The maximum atomic E-state index is 14.1. The molecule has 1 saturated heterocycles. The molecule has 2 amide bonds. The Morgan fingerprint density at radius 1 is 0.925 bits per heavy atom. The van der Waals surface area contributed by atoms with E-state index in [-0.39, 0.29) is 24.2 Å². The molecule has 0 bridgehead atoms. The second-order valence-electron chi connectivity index (χ2n) is 10.4. The number of nitrogens with one attached hydrogen (secondary N) is 1. The fourth-order valence-electron chi connectivity index (χ4n) is 5.51. The number of amides is 2. The van der Waals surface area contributed by atoms with Gasteiger partial charge in [0.15, 0.2) is 0 Å². The van der Waals surface area contributed by atoms with Crippen LogP contribution in [0.5, 0.6) is 0 Å². The molecule has 1 aliphatic carbocycles. The Kier molecular flexibility index (Phi) is 9.53. The average Bonchev–Trinajstić information content (AvgIpc) is 3.00. The van der Waals surface area contributed by atoms with E-state index in [1.54, 1.807) is 4.90 Å². The molecule has 5 rings (SSSR count). The summed E-state index contributed by atoms with van der Waals surface area (Å²) in [7, 11) is 0. The fraction of sp³-hybridized carbons (Fsp3) is 0.333. The third kappa shape index (κ3) is 7.32. The molecular formula is C33H36ClN3O3. The summed E-state index contributed by atoms with van der Waals surface area (Å²) in [6.07, 6.45) is 7.02. The number of hydrogen-bond acceptors (Lipinski definition) is 4. The Morgan fingerprint density at radius 2 is 1.65 bits per heavy atom. The molecule has 1 heterocycles. The Labute approximate surface area is 241 Å². The molecule has 0 radical (unpaired) electrons. The average molecular weight is 558 g/mol. The minimum Gasteiger partial charge on any atom is -0.378 e. The van der Waals surface area contributed by atoms with E-state index in [0.29, 0.717) is 11.6 Å². The molecule has 2 aliphatic rings. The van der Waals surface area contributed by atoms with Crippen molar-refractivity contribution in [2.75, 3.05) is 36.5 Å². The monoisotopic (exact) mass is 557 g/mol. The van der Waals surface area contributed by atoms with Gasteiger partial charge in [0.05, 0.1) is 19.6 Å². The van der Waals surface area contributed by atoms with E-state index >= 15 is 0 Å². The number of anilines is 2. The highest BCUT2D eigenvalue weighted by Crippen LogP contribution is 2.29. The quantitative estimate of drug-likeness (QED) is 0.322. The summed E-state index contributed by atoms with van der Waals surface area (Å²) < 4.78 is 5.47. The summed E-state index contributed by atoms with van der Waals surface area (Å²) in [5.74, 6) is -0.210. The number of halogens is 1. The van der Waals surface area contributed by atoms with E-state index in [1.165, 1.54) is 0 Å². The lowest BCUT2D eigenvalue weighted by molar-refractivity contribution is -0.141. The molecular weight excluding hydrogens is 522 g/mol. The van der Waals surface area contributed by atoms with Crippen LogP contribution in [0.15, 0.2) is 91.0 Å². The number of carbonyl (C=O) groups excluding carboxylic acids is 2. The van der Waals surface area contributed by atoms with Crippen LogP contribution in [0.25, 0.3) is 0 Å². The first-order valence-corrected chi connectivity index (χ1v) is 14.4. The first-order valence-electron chi connectivity index (χ1n) is 14.0. The molecule has 0 aromatic heterocycles. The SMILES string of the molecule is O=C(Nc1ccc(N2CCOCC2)cc1)C(C1CC=CCC1)N(Cc1ccc(Cl)cc1)C(=O)Cc1ccccc1.